The fraction of sp³-hybridized carbons (Fsp3) is 0.650. The van der Waals surface area contributed by atoms with Crippen LogP contribution in [0.15, 0.2) is 17.0 Å². The van der Waals surface area contributed by atoms with Crippen LogP contribution in [0, 0.1) is 19.8 Å². The van der Waals surface area contributed by atoms with Crippen molar-refractivity contribution in [1.82, 2.24) is 9.62 Å². The van der Waals surface area contributed by atoms with Gasteiger partial charge in [-0.25, -0.2) is 8.42 Å². The molecule has 0 bridgehead atoms. The van der Waals surface area contributed by atoms with E-state index in [9.17, 15) is 13.2 Å². The van der Waals surface area contributed by atoms with Crippen LogP contribution in [-0.4, -0.2) is 44.8 Å². The van der Waals surface area contributed by atoms with Gasteiger partial charge in [-0.3, -0.25) is 4.79 Å². The van der Waals surface area contributed by atoms with Gasteiger partial charge in [-0.2, -0.15) is 4.31 Å². The van der Waals surface area contributed by atoms with E-state index in [0.717, 1.165) is 16.7 Å². The predicted molar refractivity (Wildman–Crippen MR) is 115 cm³/mol. The van der Waals surface area contributed by atoms with E-state index in [1.807, 2.05) is 26.0 Å². The number of benzene rings is 1. The number of aryl methyl sites for hydroxylation is 2. The molecule has 1 aliphatic rings. The molecule has 0 spiro atoms. The minimum Gasteiger partial charge on any atom is -0.355 e. The molecule has 1 aromatic carbocycles. The third-order valence-electron chi connectivity index (χ3n) is 5.12. The summed E-state index contributed by atoms with van der Waals surface area (Å²) in [6.07, 6.45) is 1.38. The van der Waals surface area contributed by atoms with Gasteiger partial charge in [0.1, 0.15) is 0 Å². The van der Waals surface area contributed by atoms with Crippen molar-refractivity contribution in [2.75, 3.05) is 26.2 Å². The number of halogens is 1. The number of nitrogens with two attached hydrogens (primary N) is 1. The standard InChI is InChI=1S/C20H33N3O3S.ClH/c1-14-11-17(20(3,4)5)12-15(2)18(14)27(25,26)23-10-6-7-16(13-23)19(24)22-9-8-21;/h11-12,16H,6-10,13,21H2,1-5H3,(H,22,24);1H. The lowest BCUT2D eigenvalue weighted by atomic mass is 9.85. The lowest BCUT2D eigenvalue weighted by molar-refractivity contribution is -0.126. The molecule has 0 saturated carbocycles. The Bertz CT molecular complexity index is 780. The Morgan fingerprint density at radius 3 is 2.32 bits per heavy atom. The summed E-state index contributed by atoms with van der Waals surface area (Å²) in [4.78, 5) is 12.6. The second kappa shape index (κ2) is 9.57. The predicted octanol–water partition coefficient (Wildman–Crippen LogP) is 2.50. The van der Waals surface area contributed by atoms with Crippen molar-refractivity contribution in [2.45, 2.75) is 57.8 Å². The zero-order chi connectivity index (χ0) is 20.4. The van der Waals surface area contributed by atoms with Gasteiger partial charge in [0.25, 0.3) is 0 Å². The van der Waals surface area contributed by atoms with Crippen LogP contribution < -0.4 is 11.1 Å². The molecule has 1 heterocycles. The van der Waals surface area contributed by atoms with Crippen molar-refractivity contribution < 1.29 is 13.2 Å². The summed E-state index contributed by atoms with van der Waals surface area (Å²) in [7, 11) is -3.64. The highest BCUT2D eigenvalue weighted by Gasteiger charge is 2.35. The summed E-state index contributed by atoms with van der Waals surface area (Å²) < 4.78 is 28.2. The van der Waals surface area contributed by atoms with Crippen LogP contribution in [-0.2, 0) is 20.2 Å². The molecule has 6 nitrogen and oxygen atoms in total. The van der Waals surface area contributed by atoms with Crippen molar-refractivity contribution >= 4 is 28.3 Å². The number of carbonyl (C=O) groups excluding carboxylic acids is 1. The number of nitrogens with one attached hydrogen (secondary N) is 1. The lowest BCUT2D eigenvalue weighted by Gasteiger charge is -2.32. The van der Waals surface area contributed by atoms with Crippen molar-refractivity contribution in [3.05, 3.63) is 28.8 Å². The molecular formula is C20H34ClN3O3S. The number of rotatable bonds is 5. The topological polar surface area (TPSA) is 92.5 Å². The Labute approximate surface area is 175 Å². The van der Waals surface area contributed by atoms with Crippen LogP contribution in [0.4, 0.5) is 0 Å². The molecular weight excluding hydrogens is 398 g/mol. The van der Waals surface area contributed by atoms with Crippen molar-refractivity contribution in [3.63, 3.8) is 0 Å². The molecule has 1 unspecified atom stereocenters. The first-order chi connectivity index (χ1) is 12.5. The van der Waals surface area contributed by atoms with E-state index in [1.54, 1.807) is 0 Å². The van der Waals surface area contributed by atoms with Crippen LogP contribution in [0.3, 0.4) is 0 Å². The normalized spacial score (nSPS) is 18.4. The van der Waals surface area contributed by atoms with Gasteiger partial charge in [-0.15, -0.1) is 12.4 Å². The fourth-order valence-corrected chi connectivity index (χ4v) is 5.57. The Kier molecular flexibility index (Phi) is 8.50. The van der Waals surface area contributed by atoms with Crippen LogP contribution in [0.25, 0.3) is 0 Å². The van der Waals surface area contributed by atoms with E-state index in [-0.39, 0.29) is 36.2 Å². The third kappa shape index (κ3) is 5.47. The molecule has 160 valence electrons. The average Bonchev–Trinajstić information content (AvgIpc) is 2.58. The molecule has 1 fully saturated rings. The molecule has 8 heteroatoms. The maximum absolute atomic E-state index is 13.3. The monoisotopic (exact) mass is 431 g/mol. The number of hydrogen-bond donors (Lipinski definition) is 2. The molecule has 1 amide bonds. The summed E-state index contributed by atoms with van der Waals surface area (Å²) in [5, 5.41) is 2.78. The van der Waals surface area contributed by atoms with Gasteiger partial charge in [-0.05, 0) is 48.8 Å². The van der Waals surface area contributed by atoms with E-state index in [0.29, 0.717) is 37.4 Å². The number of sulfonamides is 1. The molecule has 28 heavy (non-hydrogen) atoms. The Hall–Kier alpha value is -1.15. The lowest BCUT2D eigenvalue weighted by Crippen LogP contribution is -2.46. The first-order valence-corrected chi connectivity index (χ1v) is 11.0. The van der Waals surface area contributed by atoms with E-state index >= 15 is 0 Å². The van der Waals surface area contributed by atoms with Crippen molar-refractivity contribution in [3.8, 4) is 0 Å². The minimum atomic E-state index is -3.64. The van der Waals surface area contributed by atoms with E-state index in [2.05, 4.69) is 26.1 Å². The molecule has 1 saturated heterocycles. The van der Waals surface area contributed by atoms with Crippen LogP contribution >= 0.6 is 12.4 Å². The van der Waals surface area contributed by atoms with Crippen molar-refractivity contribution in [2.24, 2.45) is 11.7 Å². The largest absolute Gasteiger partial charge is 0.355 e. The Morgan fingerprint density at radius 2 is 1.82 bits per heavy atom. The van der Waals surface area contributed by atoms with Gasteiger partial charge in [0.05, 0.1) is 10.8 Å². The van der Waals surface area contributed by atoms with E-state index < -0.39 is 10.0 Å². The van der Waals surface area contributed by atoms with E-state index in [4.69, 9.17) is 5.73 Å². The molecule has 0 radical (unpaired) electrons. The average molecular weight is 432 g/mol. The fourth-order valence-electron chi connectivity index (χ4n) is 3.63. The zero-order valence-electron chi connectivity index (χ0n) is 17.5. The quantitative estimate of drug-likeness (QED) is 0.749. The number of hydrogen-bond acceptors (Lipinski definition) is 4. The first-order valence-electron chi connectivity index (χ1n) is 9.58. The first kappa shape index (κ1) is 24.9. The zero-order valence-corrected chi connectivity index (χ0v) is 19.2. The smallest absolute Gasteiger partial charge is 0.243 e. The highest BCUT2D eigenvalue weighted by Crippen LogP contribution is 2.32. The van der Waals surface area contributed by atoms with Gasteiger partial charge in [0.15, 0.2) is 0 Å². The van der Waals surface area contributed by atoms with Crippen LogP contribution in [0.5, 0.6) is 0 Å². The highest BCUT2D eigenvalue weighted by molar-refractivity contribution is 7.89. The summed E-state index contributed by atoms with van der Waals surface area (Å²) >= 11 is 0. The summed E-state index contributed by atoms with van der Waals surface area (Å²) in [5.41, 5.74) is 8.02. The number of amides is 1. The molecule has 3 N–H and O–H groups in total. The Morgan fingerprint density at radius 1 is 1.25 bits per heavy atom. The Balaban J connectivity index is 0.00000392. The maximum atomic E-state index is 13.3. The van der Waals surface area contributed by atoms with Gasteiger partial charge >= 0.3 is 0 Å². The van der Waals surface area contributed by atoms with Gasteiger partial charge in [0.2, 0.25) is 15.9 Å². The van der Waals surface area contributed by atoms with Crippen molar-refractivity contribution in [1.29, 1.82) is 0 Å². The SMILES string of the molecule is Cc1cc(C(C)(C)C)cc(C)c1S(=O)(=O)N1CCCC(C(=O)NCCN)C1.Cl. The molecule has 1 aromatic rings. The molecule has 1 aliphatic heterocycles. The molecule has 0 aliphatic carbocycles. The number of carbonyl (C=O) groups is 1. The minimum absolute atomic E-state index is 0. The summed E-state index contributed by atoms with van der Waals surface area (Å²) in [6.45, 7) is 11.5. The molecule has 0 aromatic heterocycles. The van der Waals surface area contributed by atoms with Crippen LogP contribution in [0.2, 0.25) is 0 Å². The second-order valence-corrected chi connectivity index (χ2v) is 10.3. The van der Waals surface area contributed by atoms with Crippen LogP contribution in [0.1, 0.15) is 50.3 Å². The summed E-state index contributed by atoms with van der Waals surface area (Å²) in [5.74, 6) is -0.439. The highest BCUT2D eigenvalue weighted by atomic mass is 35.5. The molecule has 1 atom stereocenters. The van der Waals surface area contributed by atoms with E-state index in [1.165, 1.54) is 4.31 Å². The number of piperidine rings is 1. The number of nitrogens with zero attached hydrogens (tertiary/aromatic N) is 1. The summed E-state index contributed by atoms with van der Waals surface area (Å²) in [6, 6.07) is 3.94. The van der Waals surface area contributed by atoms with Gasteiger partial charge < -0.3 is 11.1 Å². The second-order valence-electron chi connectivity index (χ2n) is 8.47. The van der Waals surface area contributed by atoms with Gasteiger partial charge in [-0.1, -0.05) is 32.9 Å². The van der Waals surface area contributed by atoms with Gasteiger partial charge in [0, 0.05) is 26.2 Å². The maximum Gasteiger partial charge on any atom is 0.243 e. The third-order valence-corrected chi connectivity index (χ3v) is 7.29. The molecule has 2 rings (SSSR count).